The molecule has 0 aliphatic rings. The summed E-state index contributed by atoms with van der Waals surface area (Å²) in [5.74, 6) is -0.190. The van der Waals surface area contributed by atoms with Gasteiger partial charge in [-0.2, -0.15) is 0 Å². The van der Waals surface area contributed by atoms with Crippen molar-refractivity contribution in [1.82, 2.24) is 0 Å². The summed E-state index contributed by atoms with van der Waals surface area (Å²) in [5.41, 5.74) is -0.396. The molecule has 0 rings (SSSR count). The summed E-state index contributed by atoms with van der Waals surface area (Å²) in [4.78, 5) is 22.9. The molecule has 0 saturated carbocycles. The molecule has 0 spiro atoms. The molecule has 0 fully saturated rings. The minimum absolute atomic E-state index is 0.0336. The second kappa shape index (κ2) is 19.9. The van der Waals surface area contributed by atoms with Crippen LogP contribution in [0.5, 0.6) is 0 Å². The third-order valence-corrected chi connectivity index (χ3v) is 5.40. The first-order valence-electron chi connectivity index (χ1n) is 12.5. The van der Waals surface area contributed by atoms with E-state index in [4.69, 9.17) is 18.9 Å². The molecule has 0 aromatic rings. The Morgan fingerprint density at radius 2 is 1.38 bits per heavy atom. The summed E-state index contributed by atoms with van der Waals surface area (Å²) in [6, 6.07) is 0. The van der Waals surface area contributed by atoms with Gasteiger partial charge in [0, 0.05) is 7.11 Å². The Morgan fingerprint density at radius 3 is 1.81 bits per heavy atom. The van der Waals surface area contributed by atoms with E-state index in [1.165, 1.54) is 12.8 Å². The van der Waals surface area contributed by atoms with Crippen molar-refractivity contribution in [2.75, 3.05) is 67.3 Å². The molecule has 0 radical (unpaired) electrons. The van der Waals surface area contributed by atoms with Crippen LogP contribution in [0.3, 0.4) is 0 Å². The minimum atomic E-state index is -8.55. The van der Waals surface area contributed by atoms with E-state index in [9.17, 15) is 30.6 Å². The monoisotopic (exact) mass is 574 g/mol. The van der Waals surface area contributed by atoms with Gasteiger partial charge in [-0.05, 0) is 33.1 Å². The van der Waals surface area contributed by atoms with Crippen molar-refractivity contribution in [3.05, 3.63) is 0 Å². The summed E-state index contributed by atoms with van der Waals surface area (Å²) < 4.78 is 70.4. The van der Waals surface area contributed by atoms with Gasteiger partial charge in [0.15, 0.2) is 0 Å². The maximum absolute atomic E-state index is 11.5. The molecule has 0 bridgehead atoms. The molecular formula is C24H50F5NO6P+. The quantitative estimate of drug-likeness (QED) is 0.0647. The van der Waals surface area contributed by atoms with Crippen molar-refractivity contribution in [3.63, 3.8) is 0 Å². The van der Waals surface area contributed by atoms with Crippen LogP contribution in [0.15, 0.2) is 0 Å². The molecular weight excluding hydrogens is 524 g/mol. The van der Waals surface area contributed by atoms with E-state index in [1.54, 1.807) is 7.11 Å². The van der Waals surface area contributed by atoms with Crippen molar-refractivity contribution >= 4 is 20.1 Å². The Morgan fingerprint density at radius 1 is 0.865 bits per heavy atom. The van der Waals surface area contributed by atoms with E-state index in [1.807, 2.05) is 34.6 Å². The number of halogens is 5. The van der Waals surface area contributed by atoms with Crippen molar-refractivity contribution in [1.29, 1.82) is 0 Å². The molecule has 7 nitrogen and oxygen atoms in total. The van der Waals surface area contributed by atoms with E-state index >= 15 is 0 Å². The molecule has 0 aromatic heterocycles. The Bertz CT molecular complexity index is 599. The fraction of sp³-hybridized carbons (Fsp3) is 0.917. The van der Waals surface area contributed by atoms with E-state index in [-0.39, 0.29) is 17.9 Å². The van der Waals surface area contributed by atoms with Crippen molar-refractivity contribution < 1.29 is 54.0 Å². The number of carbonyl (C=O) groups excluding carboxylic acids is 2. The summed E-state index contributed by atoms with van der Waals surface area (Å²) in [6.45, 7) is 16.3. The van der Waals surface area contributed by atoms with Crippen LogP contribution in [0.1, 0.15) is 67.2 Å². The van der Waals surface area contributed by atoms with Crippen molar-refractivity contribution in [2.45, 2.75) is 67.2 Å². The molecule has 13 heteroatoms. The third-order valence-electron chi connectivity index (χ3n) is 5.40. The number of nitrogens with zero attached hydrogens (tertiary/aromatic N) is 1. The standard InChI is InChI=1S/C13H28NO2.C11H22O4.F5P/c1-6-8-9-14(4,5)10-11-16-13(15)12(3)7-2;1-5-11(2,3)10(12)15-9-8-14-7-6-13-4;1-6(2,3,4)5/h12H,6-11H2,1-5H3;5-9H2,1-4H3;/q+1;;. The van der Waals surface area contributed by atoms with Gasteiger partial charge in [-0.25, -0.2) is 0 Å². The second-order valence-corrected chi connectivity index (χ2v) is 11.1. The number of ether oxygens (including phenoxy) is 4. The van der Waals surface area contributed by atoms with Gasteiger partial charge in [0.1, 0.15) is 19.8 Å². The van der Waals surface area contributed by atoms with Crippen LogP contribution >= 0.6 is 8.16 Å². The maximum atomic E-state index is 11.5. The zero-order valence-corrected chi connectivity index (χ0v) is 25.0. The van der Waals surface area contributed by atoms with E-state index in [0.29, 0.717) is 33.0 Å². The van der Waals surface area contributed by atoms with E-state index < -0.39 is 13.6 Å². The SMILES string of the molecule is CCC(C)(C)C(=O)OCCOCCOC.CCCC[N+](C)(C)CCOC(=O)C(C)CC.FP(F)(F)(F)F. The van der Waals surface area contributed by atoms with E-state index in [2.05, 4.69) is 21.0 Å². The molecule has 37 heavy (non-hydrogen) atoms. The van der Waals surface area contributed by atoms with Gasteiger partial charge in [-0.1, -0.05) is 34.1 Å². The molecule has 0 saturated heterocycles. The van der Waals surface area contributed by atoms with Crippen LogP contribution in [-0.2, 0) is 28.5 Å². The molecule has 1 unspecified atom stereocenters. The molecule has 0 aliphatic carbocycles. The molecule has 1 atom stereocenters. The number of carbonyl (C=O) groups is 2. The number of esters is 2. The Balaban J connectivity index is -0.000000514. The molecule has 0 amide bonds. The number of quaternary nitrogens is 1. The van der Waals surface area contributed by atoms with Crippen LogP contribution in [-0.4, -0.2) is 83.8 Å². The van der Waals surface area contributed by atoms with Gasteiger partial charge in [-0.15, -0.1) is 0 Å². The van der Waals surface area contributed by atoms with Crippen molar-refractivity contribution in [2.24, 2.45) is 11.3 Å². The number of unbranched alkanes of at least 4 members (excludes halogenated alkanes) is 1. The normalized spacial score (nSPS) is 13.6. The third kappa shape index (κ3) is 32.9. The van der Waals surface area contributed by atoms with Crippen LogP contribution in [0.4, 0.5) is 21.0 Å². The Kier molecular flexibility index (Phi) is 21.7. The van der Waals surface area contributed by atoms with Gasteiger partial charge in [0.05, 0.1) is 51.8 Å². The number of methoxy groups -OCH3 is 1. The summed E-state index contributed by atoms with van der Waals surface area (Å²) in [5, 5.41) is 0. The van der Waals surface area contributed by atoms with Crippen LogP contribution in [0.25, 0.3) is 0 Å². The Hall–Kier alpha value is -1.10. The number of likely N-dealkylation sites (N-methyl/N-ethyl adjacent to an activating group) is 1. The summed E-state index contributed by atoms with van der Waals surface area (Å²) in [7, 11) is -2.56. The van der Waals surface area contributed by atoms with Gasteiger partial charge >= 0.3 is 41.1 Å². The predicted octanol–water partition coefficient (Wildman–Crippen LogP) is 7.04. The number of hydrogen-bond donors (Lipinski definition) is 0. The molecule has 0 aliphatic heterocycles. The first-order valence-corrected chi connectivity index (χ1v) is 14.2. The fourth-order valence-electron chi connectivity index (χ4n) is 2.18. The zero-order chi connectivity index (χ0) is 29.8. The average molecular weight is 575 g/mol. The van der Waals surface area contributed by atoms with Gasteiger partial charge in [0.2, 0.25) is 0 Å². The summed E-state index contributed by atoms with van der Waals surface area (Å²) >= 11 is 0. The zero-order valence-electron chi connectivity index (χ0n) is 24.1. The first kappa shape index (κ1) is 40.4. The van der Waals surface area contributed by atoms with E-state index in [0.717, 1.165) is 30.4 Å². The molecule has 0 N–H and O–H groups in total. The topological polar surface area (TPSA) is 71.1 Å². The Labute approximate surface area is 220 Å². The van der Waals surface area contributed by atoms with Crippen molar-refractivity contribution in [3.8, 4) is 0 Å². The van der Waals surface area contributed by atoms with Crippen LogP contribution in [0, 0.1) is 11.3 Å². The number of rotatable bonds is 16. The summed E-state index contributed by atoms with van der Waals surface area (Å²) in [6.07, 6.45) is 4.07. The van der Waals surface area contributed by atoms with Crippen LogP contribution in [0.2, 0.25) is 0 Å². The van der Waals surface area contributed by atoms with Gasteiger partial charge in [-0.3, -0.25) is 9.59 Å². The molecule has 226 valence electrons. The van der Waals surface area contributed by atoms with Gasteiger partial charge < -0.3 is 23.4 Å². The van der Waals surface area contributed by atoms with Gasteiger partial charge in [0.25, 0.3) is 0 Å². The first-order chi connectivity index (χ1) is 16.7. The fourth-order valence-corrected chi connectivity index (χ4v) is 2.18. The van der Waals surface area contributed by atoms with Crippen LogP contribution < -0.4 is 0 Å². The number of hydrogen-bond acceptors (Lipinski definition) is 6. The average Bonchev–Trinajstić information content (AvgIpc) is 2.77. The second-order valence-electron chi connectivity index (χ2n) is 9.83. The predicted molar refractivity (Wildman–Crippen MR) is 137 cm³/mol. The molecule has 0 heterocycles. The molecule has 0 aromatic carbocycles.